The number of benzene rings is 1. The molecule has 0 atom stereocenters. The zero-order valence-electron chi connectivity index (χ0n) is 16.2. The van der Waals surface area contributed by atoms with Crippen molar-refractivity contribution in [2.24, 2.45) is 5.73 Å². The van der Waals surface area contributed by atoms with Crippen molar-refractivity contribution in [3.8, 4) is 0 Å². The highest BCUT2D eigenvalue weighted by molar-refractivity contribution is 7.89. The molecule has 0 spiro atoms. The molecule has 0 unspecified atom stereocenters. The van der Waals surface area contributed by atoms with Gasteiger partial charge >= 0.3 is 0 Å². The van der Waals surface area contributed by atoms with Crippen LogP contribution in [-0.4, -0.2) is 33.0 Å². The smallest absolute Gasteiger partial charge is 0.240 e. The molecule has 1 aliphatic rings. The Morgan fingerprint density at radius 2 is 1.78 bits per heavy atom. The monoisotopic (exact) mass is 417 g/mol. The van der Waals surface area contributed by atoms with Crippen LogP contribution in [0.1, 0.15) is 57.1 Å². The third-order valence-electron chi connectivity index (χ3n) is 5.32. The summed E-state index contributed by atoms with van der Waals surface area (Å²) in [7, 11) is -3.60. The maximum Gasteiger partial charge on any atom is 0.240 e. The third-order valence-corrected chi connectivity index (χ3v) is 6.78. The van der Waals surface area contributed by atoms with E-state index in [2.05, 4.69) is 10.0 Å². The Morgan fingerprint density at radius 3 is 2.41 bits per heavy atom. The van der Waals surface area contributed by atoms with Gasteiger partial charge in [-0.2, -0.15) is 0 Å². The lowest BCUT2D eigenvalue weighted by molar-refractivity contribution is -0.121. The fourth-order valence-corrected chi connectivity index (χ4v) is 4.20. The summed E-state index contributed by atoms with van der Waals surface area (Å²) >= 11 is 0. The minimum Gasteiger partial charge on any atom is -0.354 e. The molecule has 0 bridgehead atoms. The second-order valence-corrected chi connectivity index (χ2v) is 8.90. The first-order valence-corrected chi connectivity index (χ1v) is 10.9. The number of sulfonamides is 1. The first-order valence-electron chi connectivity index (χ1n) is 9.47. The van der Waals surface area contributed by atoms with E-state index in [1.807, 2.05) is 19.9 Å². The molecule has 0 fully saturated rings. The average molecular weight is 418 g/mol. The van der Waals surface area contributed by atoms with Crippen molar-refractivity contribution in [2.75, 3.05) is 13.1 Å². The summed E-state index contributed by atoms with van der Waals surface area (Å²) in [6.07, 6.45) is 5.84. The number of fused-ring (bicyclic) bond motifs is 1. The molecule has 1 aliphatic carbocycles. The maximum atomic E-state index is 12.4. The van der Waals surface area contributed by atoms with E-state index in [1.165, 1.54) is 5.56 Å². The minimum absolute atomic E-state index is 0. The molecular weight excluding hydrogens is 386 g/mol. The number of nitrogens with one attached hydrogen (secondary N) is 2. The van der Waals surface area contributed by atoms with Crippen LogP contribution < -0.4 is 15.8 Å². The van der Waals surface area contributed by atoms with Gasteiger partial charge < -0.3 is 11.1 Å². The molecule has 0 saturated heterocycles. The lowest BCUT2D eigenvalue weighted by atomic mass is 9.92. The van der Waals surface area contributed by atoms with Gasteiger partial charge in [0, 0.05) is 25.0 Å². The zero-order valence-corrected chi connectivity index (χ0v) is 17.8. The van der Waals surface area contributed by atoms with Crippen molar-refractivity contribution in [1.82, 2.24) is 10.0 Å². The molecule has 1 aromatic carbocycles. The summed E-state index contributed by atoms with van der Waals surface area (Å²) in [5.74, 6) is -0.199. The van der Waals surface area contributed by atoms with Gasteiger partial charge in [0.25, 0.3) is 0 Å². The molecule has 1 amide bonds. The predicted molar refractivity (Wildman–Crippen MR) is 111 cm³/mol. The van der Waals surface area contributed by atoms with Crippen molar-refractivity contribution in [1.29, 1.82) is 0 Å². The number of aryl methyl sites for hydroxylation is 2. The van der Waals surface area contributed by atoms with Crippen molar-refractivity contribution in [3.05, 3.63) is 29.3 Å². The first kappa shape index (κ1) is 23.9. The molecule has 0 aliphatic heterocycles. The molecule has 0 saturated carbocycles. The van der Waals surface area contributed by atoms with Gasteiger partial charge in [0.05, 0.1) is 4.90 Å². The van der Waals surface area contributed by atoms with Crippen LogP contribution in [0.4, 0.5) is 0 Å². The van der Waals surface area contributed by atoms with Gasteiger partial charge in [0.15, 0.2) is 0 Å². The lowest BCUT2D eigenvalue weighted by Crippen LogP contribution is -2.49. The normalized spacial score (nSPS) is 14.2. The van der Waals surface area contributed by atoms with E-state index in [9.17, 15) is 13.2 Å². The summed E-state index contributed by atoms with van der Waals surface area (Å²) in [4.78, 5) is 12.2. The highest BCUT2D eigenvalue weighted by Crippen LogP contribution is 2.24. The number of amides is 1. The Balaban J connectivity index is 0.00000364. The van der Waals surface area contributed by atoms with Crippen LogP contribution in [0.5, 0.6) is 0 Å². The van der Waals surface area contributed by atoms with Crippen LogP contribution in [0.15, 0.2) is 23.1 Å². The molecule has 4 N–H and O–H groups in total. The Morgan fingerprint density at radius 1 is 1.15 bits per heavy atom. The van der Waals surface area contributed by atoms with Crippen molar-refractivity contribution in [3.63, 3.8) is 0 Å². The van der Waals surface area contributed by atoms with E-state index in [-0.39, 0.29) is 36.2 Å². The highest BCUT2D eigenvalue weighted by atomic mass is 35.5. The number of nitrogens with two attached hydrogens (primary N) is 1. The quantitative estimate of drug-likeness (QED) is 0.573. The maximum absolute atomic E-state index is 12.4. The van der Waals surface area contributed by atoms with E-state index < -0.39 is 15.6 Å². The minimum atomic E-state index is -3.60. The molecule has 27 heavy (non-hydrogen) atoms. The van der Waals surface area contributed by atoms with Crippen LogP contribution in [0.3, 0.4) is 0 Å². The fraction of sp³-hybridized carbons (Fsp3) is 0.632. The number of hydrogen-bond acceptors (Lipinski definition) is 4. The van der Waals surface area contributed by atoms with Crippen molar-refractivity contribution < 1.29 is 13.2 Å². The van der Waals surface area contributed by atoms with Gasteiger partial charge in [0.1, 0.15) is 0 Å². The molecule has 8 heteroatoms. The van der Waals surface area contributed by atoms with Gasteiger partial charge in [-0.15, -0.1) is 12.4 Å². The van der Waals surface area contributed by atoms with Crippen molar-refractivity contribution >= 4 is 28.3 Å². The number of carbonyl (C=O) groups excluding carboxylic acids is 1. The standard InChI is InChI=1S/C19H31N3O3S.ClH/c1-3-19(20,4-2)14-21-18(23)11-12-22-26(24,25)17-10-9-15-7-5-6-8-16(15)13-17;/h9-10,13,22H,3-8,11-12,14,20H2,1-2H3,(H,21,23);1H. The second kappa shape index (κ2) is 10.4. The van der Waals surface area contributed by atoms with Gasteiger partial charge in [-0.05, 0) is 61.8 Å². The van der Waals surface area contributed by atoms with Crippen LogP contribution >= 0.6 is 12.4 Å². The summed E-state index contributed by atoms with van der Waals surface area (Å²) in [6.45, 7) is 4.45. The van der Waals surface area contributed by atoms with Gasteiger partial charge in [-0.1, -0.05) is 19.9 Å². The summed E-state index contributed by atoms with van der Waals surface area (Å²) < 4.78 is 27.4. The molecule has 6 nitrogen and oxygen atoms in total. The Hall–Kier alpha value is -1.15. The summed E-state index contributed by atoms with van der Waals surface area (Å²) in [5, 5.41) is 2.79. The fourth-order valence-electron chi connectivity index (χ4n) is 3.12. The van der Waals surface area contributed by atoms with Gasteiger partial charge in [-0.3, -0.25) is 4.79 Å². The SMILES string of the molecule is CCC(N)(CC)CNC(=O)CCNS(=O)(=O)c1ccc2c(c1)CCCC2.Cl. The second-order valence-electron chi connectivity index (χ2n) is 7.13. The number of halogens is 1. The molecule has 0 heterocycles. The van der Waals surface area contributed by atoms with Crippen molar-refractivity contribution in [2.45, 2.75) is 69.2 Å². The predicted octanol–water partition coefficient (Wildman–Crippen LogP) is 2.29. The molecule has 1 aromatic rings. The van der Waals surface area contributed by atoms with Crippen LogP contribution in [0, 0.1) is 0 Å². The van der Waals surface area contributed by atoms with E-state index >= 15 is 0 Å². The molecular formula is C19H32ClN3O3S. The first-order chi connectivity index (χ1) is 12.3. The van der Waals surface area contributed by atoms with E-state index in [1.54, 1.807) is 12.1 Å². The molecule has 0 aromatic heterocycles. The largest absolute Gasteiger partial charge is 0.354 e. The van der Waals surface area contributed by atoms with Gasteiger partial charge in [0.2, 0.25) is 15.9 Å². The lowest BCUT2D eigenvalue weighted by Gasteiger charge is -2.26. The Kier molecular flexibility index (Phi) is 9.21. The van der Waals surface area contributed by atoms with E-state index in [4.69, 9.17) is 5.73 Å². The Labute approximate surface area is 169 Å². The number of carbonyl (C=O) groups is 1. The number of rotatable bonds is 9. The van der Waals surface area contributed by atoms with Crippen LogP contribution in [-0.2, 0) is 27.7 Å². The molecule has 0 radical (unpaired) electrons. The Bertz CT molecular complexity index is 734. The number of hydrogen-bond donors (Lipinski definition) is 3. The molecule has 154 valence electrons. The van der Waals surface area contributed by atoms with E-state index in [0.29, 0.717) is 6.54 Å². The van der Waals surface area contributed by atoms with E-state index in [0.717, 1.165) is 44.1 Å². The zero-order chi connectivity index (χ0) is 19.2. The molecule has 2 rings (SSSR count). The topological polar surface area (TPSA) is 101 Å². The highest BCUT2D eigenvalue weighted by Gasteiger charge is 2.21. The van der Waals surface area contributed by atoms with Crippen LogP contribution in [0.2, 0.25) is 0 Å². The summed E-state index contributed by atoms with van der Waals surface area (Å²) in [5.41, 5.74) is 8.11. The average Bonchev–Trinajstić information content (AvgIpc) is 2.65. The third kappa shape index (κ3) is 6.75. The van der Waals surface area contributed by atoms with Crippen LogP contribution in [0.25, 0.3) is 0 Å². The summed E-state index contributed by atoms with van der Waals surface area (Å²) in [6, 6.07) is 5.33. The van der Waals surface area contributed by atoms with Gasteiger partial charge in [-0.25, -0.2) is 13.1 Å².